The van der Waals surface area contributed by atoms with Gasteiger partial charge in [0.15, 0.2) is 0 Å². The average molecular weight is 284 g/mol. The maximum absolute atomic E-state index is 11.9. The lowest BCUT2D eigenvalue weighted by Gasteiger charge is -2.10. The van der Waals surface area contributed by atoms with E-state index in [1.54, 1.807) is 6.20 Å². The molecule has 6 heteroatoms. The minimum atomic E-state index is -0.565. The highest BCUT2D eigenvalue weighted by Crippen LogP contribution is 2.20. The van der Waals surface area contributed by atoms with Crippen LogP contribution in [0, 0.1) is 5.92 Å². The third-order valence-corrected chi connectivity index (χ3v) is 3.69. The van der Waals surface area contributed by atoms with Crippen molar-refractivity contribution in [3.8, 4) is 0 Å². The molecule has 4 N–H and O–H groups in total. The molecule has 1 fully saturated rings. The Labute approximate surface area is 121 Å². The lowest BCUT2D eigenvalue weighted by atomic mass is 10.1. The monoisotopic (exact) mass is 284 g/mol. The smallest absolute Gasteiger partial charge is 0.232 e. The molecule has 6 nitrogen and oxygen atoms in total. The van der Waals surface area contributed by atoms with Crippen LogP contribution in [0.25, 0.3) is 10.8 Å². The second-order valence-corrected chi connectivity index (χ2v) is 5.10. The number of hydrogen-bond acceptors (Lipinski definition) is 4. The van der Waals surface area contributed by atoms with Gasteiger partial charge in [-0.25, -0.2) is 4.98 Å². The summed E-state index contributed by atoms with van der Waals surface area (Å²) in [7, 11) is 0. The number of amides is 2. The molecule has 0 bridgehead atoms. The Morgan fingerprint density at radius 3 is 3.05 bits per heavy atom. The molecule has 2 amide bonds. The summed E-state index contributed by atoms with van der Waals surface area (Å²) < 4.78 is 0. The molecule has 1 aliphatic heterocycles. The zero-order chi connectivity index (χ0) is 14.8. The molecule has 1 aromatic heterocycles. The Morgan fingerprint density at radius 2 is 2.29 bits per heavy atom. The topological polar surface area (TPSA) is 97.1 Å². The highest BCUT2D eigenvalue weighted by Gasteiger charge is 2.30. The van der Waals surface area contributed by atoms with E-state index in [0.29, 0.717) is 25.3 Å². The number of nitrogens with two attached hydrogens (primary N) is 1. The van der Waals surface area contributed by atoms with Crippen molar-refractivity contribution in [2.45, 2.75) is 13.0 Å². The van der Waals surface area contributed by atoms with Gasteiger partial charge in [0, 0.05) is 24.7 Å². The van der Waals surface area contributed by atoms with Crippen LogP contribution in [0.4, 0.5) is 5.82 Å². The standard InChI is InChI=1S/C15H16N4O2/c16-13-11-2-1-9(7-10(11)3-5-17-13)8-19-15(21)12-4-6-18-14(12)20/h1-3,5,7,12H,4,6,8H2,(H2,16,17)(H,18,20)(H,19,21)/t12-/m0/s1. The van der Waals surface area contributed by atoms with Crippen LogP contribution >= 0.6 is 0 Å². The van der Waals surface area contributed by atoms with Gasteiger partial charge < -0.3 is 16.4 Å². The van der Waals surface area contributed by atoms with E-state index in [-0.39, 0.29) is 11.8 Å². The normalized spacial score (nSPS) is 17.7. The molecule has 0 saturated carbocycles. The first-order chi connectivity index (χ1) is 10.1. The van der Waals surface area contributed by atoms with Crippen LogP contribution in [0.5, 0.6) is 0 Å². The van der Waals surface area contributed by atoms with Crippen molar-refractivity contribution in [3.63, 3.8) is 0 Å². The molecule has 0 unspecified atom stereocenters. The Kier molecular flexibility index (Phi) is 3.43. The van der Waals surface area contributed by atoms with Crippen molar-refractivity contribution in [2.75, 3.05) is 12.3 Å². The van der Waals surface area contributed by atoms with Gasteiger partial charge >= 0.3 is 0 Å². The molecule has 0 radical (unpaired) electrons. The summed E-state index contributed by atoms with van der Waals surface area (Å²) in [6, 6.07) is 7.63. The second-order valence-electron chi connectivity index (χ2n) is 5.10. The molecular formula is C15H16N4O2. The van der Waals surface area contributed by atoms with Gasteiger partial charge in [0.05, 0.1) is 0 Å². The molecule has 1 atom stereocenters. The summed E-state index contributed by atoms with van der Waals surface area (Å²) in [5.74, 6) is -0.486. The first kappa shape index (κ1) is 13.4. The number of rotatable bonds is 3. The third kappa shape index (κ3) is 2.65. The van der Waals surface area contributed by atoms with Crippen LogP contribution < -0.4 is 16.4 Å². The summed E-state index contributed by atoms with van der Waals surface area (Å²) in [6.45, 7) is 0.958. The molecule has 2 heterocycles. The first-order valence-electron chi connectivity index (χ1n) is 6.84. The number of carbonyl (C=O) groups is 2. The van der Waals surface area contributed by atoms with E-state index in [4.69, 9.17) is 5.73 Å². The van der Waals surface area contributed by atoms with E-state index in [0.717, 1.165) is 16.3 Å². The predicted octanol–water partition coefficient (Wildman–Crippen LogP) is 0.569. The van der Waals surface area contributed by atoms with Crippen LogP contribution in [-0.2, 0) is 16.1 Å². The number of aromatic nitrogens is 1. The van der Waals surface area contributed by atoms with Crippen molar-refractivity contribution in [1.29, 1.82) is 0 Å². The van der Waals surface area contributed by atoms with E-state index in [1.165, 1.54) is 0 Å². The quantitative estimate of drug-likeness (QED) is 0.718. The lowest BCUT2D eigenvalue weighted by molar-refractivity contribution is -0.133. The Balaban J connectivity index is 1.71. The third-order valence-electron chi connectivity index (χ3n) is 3.69. The van der Waals surface area contributed by atoms with E-state index >= 15 is 0 Å². The fourth-order valence-electron chi connectivity index (χ4n) is 2.52. The summed E-state index contributed by atoms with van der Waals surface area (Å²) in [5.41, 5.74) is 6.76. The number of hydrogen-bond donors (Lipinski definition) is 3. The van der Waals surface area contributed by atoms with Gasteiger partial charge in [-0.15, -0.1) is 0 Å². The summed E-state index contributed by atoms with van der Waals surface area (Å²) in [5, 5.41) is 7.33. The molecule has 2 aromatic rings. The largest absolute Gasteiger partial charge is 0.383 e. The molecule has 1 aromatic carbocycles. The van der Waals surface area contributed by atoms with Crippen LogP contribution in [0.2, 0.25) is 0 Å². The van der Waals surface area contributed by atoms with Crippen molar-refractivity contribution >= 4 is 28.4 Å². The average Bonchev–Trinajstić information content (AvgIpc) is 2.91. The van der Waals surface area contributed by atoms with E-state index in [1.807, 2.05) is 24.3 Å². The van der Waals surface area contributed by atoms with Gasteiger partial charge in [-0.05, 0) is 29.5 Å². The van der Waals surface area contributed by atoms with Crippen molar-refractivity contribution in [1.82, 2.24) is 15.6 Å². The molecule has 3 rings (SSSR count). The number of nitrogen functional groups attached to an aromatic ring is 1. The Hall–Kier alpha value is -2.63. The van der Waals surface area contributed by atoms with Crippen LogP contribution in [0.3, 0.4) is 0 Å². The van der Waals surface area contributed by atoms with Gasteiger partial charge in [0.25, 0.3) is 0 Å². The van der Waals surface area contributed by atoms with Gasteiger partial charge in [0.1, 0.15) is 11.7 Å². The van der Waals surface area contributed by atoms with Crippen LogP contribution in [0.15, 0.2) is 30.5 Å². The van der Waals surface area contributed by atoms with Gasteiger partial charge in [-0.1, -0.05) is 12.1 Å². The predicted molar refractivity (Wildman–Crippen MR) is 79.1 cm³/mol. The number of carbonyl (C=O) groups excluding carboxylic acids is 2. The van der Waals surface area contributed by atoms with Crippen LogP contribution in [0.1, 0.15) is 12.0 Å². The fourth-order valence-corrected chi connectivity index (χ4v) is 2.52. The molecule has 0 aliphatic carbocycles. The SMILES string of the molecule is Nc1nccc2cc(CNC(=O)[C@H]3CCNC3=O)ccc12. The van der Waals surface area contributed by atoms with Crippen molar-refractivity contribution in [2.24, 2.45) is 5.92 Å². The van der Waals surface area contributed by atoms with Crippen LogP contribution in [-0.4, -0.2) is 23.3 Å². The minimum Gasteiger partial charge on any atom is -0.383 e. The number of benzene rings is 1. The number of pyridine rings is 1. The summed E-state index contributed by atoms with van der Waals surface area (Å²) in [4.78, 5) is 27.4. The summed E-state index contributed by atoms with van der Waals surface area (Å²) >= 11 is 0. The number of anilines is 1. The fraction of sp³-hybridized carbons (Fsp3) is 0.267. The minimum absolute atomic E-state index is 0.190. The second kappa shape index (κ2) is 5.40. The van der Waals surface area contributed by atoms with E-state index in [9.17, 15) is 9.59 Å². The summed E-state index contributed by atoms with van der Waals surface area (Å²) in [6.07, 6.45) is 2.22. The maximum Gasteiger partial charge on any atom is 0.232 e. The number of nitrogens with one attached hydrogen (secondary N) is 2. The maximum atomic E-state index is 11.9. The number of fused-ring (bicyclic) bond motifs is 1. The lowest BCUT2D eigenvalue weighted by Crippen LogP contribution is -2.34. The van der Waals surface area contributed by atoms with Gasteiger partial charge in [-0.2, -0.15) is 0 Å². The van der Waals surface area contributed by atoms with Gasteiger partial charge in [0.2, 0.25) is 11.8 Å². The number of nitrogens with zero attached hydrogens (tertiary/aromatic N) is 1. The molecular weight excluding hydrogens is 268 g/mol. The van der Waals surface area contributed by atoms with Gasteiger partial charge in [-0.3, -0.25) is 9.59 Å². The van der Waals surface area contributed by atoms with Crippen molar-refractivity contribution in [3.05, 3.63) is 36.0 Å². The first-order valence-corrected chi connectivity index (χ1v) is 6.84. The Bertz CT molecular complexity index is 714. The molecule has 0 spiro atoms. The van der Waals surface area contributed by atoms with E-state index in [2.05, 4.69) is 15.6 Å². The highest BCUT2D eigenvalue weighted by molar-refractivity contribution is 6.01. The zero-order valence-electron chi connectivity index (χ0n) is 11.4. The molecule has 1 saturated heterocycles. The Morgan fingerprint density at radius 1 is 1.43 bits per heavy atom. The molecule has 108 valence electrons. The molecule has 21 heavy (non-hydrogen) atoms. The van der Waals surface area contributed by atoms with E-state index < -0.39 is 5.92 Å². The van der Waals surface area contributed by atoms with Crippen molar-refractivity contribution < 1.29 is 9.59 Å². The highest BCUT2D eigenvalue weighted by atomic mass is 16.2. The molecule has 1 aliphatic rings. The zero-order valence-corrected chi connectivity index (χ0v) is 11.4.